The third-order valence-electron chi connectivity index (χ3n) is 3.18. The van der Waals surface area contributed by atoms with Crippen molar-refractivity contribution in [3.05, 3.63) is 23.6 Å². The number of anilines is 1. The van der Waals surface area contributed by atoms with Crippen LogP contribution < -0.4 is 10.2 Å². The molecule has 0 saturated heterocycles. The van der Waals surface area contributed by atoms with Crippen molar-refractivity contribution in [1.29, 1.82) is 0 Å². The van der Waals surface area contributed by atoms with Gasteiger partial charge in [-0.25, -0.2) is 9.37 Å². The molecule has 0 fully saturated rings. The van der Waals surface area contributed by atoms with E-state index in [1.165, 1.54) is 0 Å². The summed E-state index contributed by atoms with van der Waals surface area (Å²) in [4.78, 5) is 6.34. The zero-order valence-corrected chi connectivity index (χ0v) is 12.4. The van der Waals surface area contributed by atoms with E-state index in [9.17, 15) is 4.39 Å². The molecule has 0 spiro atoms. The third-order valence-corrected chi connectivity index (χ3v) is 3.18. The predicted octanol–water partition coefficient (Wildman–Crippen LogP) is 3.35. The van der Waals surface area contributed by atoms with Gasteiger partial charge >= 0.3 is 0 Å². The number of aromatic nitrogens is 1. The molecule has 1 aromatic rings. The van der Waals surface area contributed by atoms with Gasteiger partial charge < -0.3 is 10.2 Å². The van der Waals surface area contributed by atoms with Crippen LogP contribution in [-0.2, 0) is 6.54 Å². The molecule has 1 rings (SSSR count). The van der Waals surface area contributed by atoms with Crippen LogP contribution in [0.2, 0.25) is 0 Å². The van der Waals surface area contributed by atoms with Gasteiger partial charge in [-0.15, -0.1) is 0 Å². The number of hydrogen-bond acceptors (Lipinski definition) is 3. The quantitative estimate of drug-likeness (QED) is 0.743. The molecule has 0 aliphatic rings. The van der Waals surface area contributed by atoms with E-state index in [2.05, 4.69) is 29.0 Å². The summed E-state index contributed by atoms with van der Waals surface area (Å²) in [6.07, 6.45) is 6.07. The Bertz CT molecular complexity index is 360. The van der Waals surface area contributed by atoms with Crippen molar-refractivity contribution in [2.75, 3.05) is 25.0 Å². The Hall–Kier alpha value is -1.16. The van der Waals surface area contributed by atoms with Crippen LogP contribution in [0.1, 0.15) is 45.1 Å². The van der Waals surface area contributed by atoms with Gasteiger partial charge in [0, 0.05) is 31.4 Å². The number of unbranched alkanes of at least 4 members (excludes halogenated alkanes) is 2. The zero-order valence-electron chi connectivity index (χ0n) is 12.4. The molecule has 4 heteroatoms. The number of nitrogens with zero attached hydrogens (tertiary/aromatic N) is 2. The smallest absolute Gasteiger partial charge is 0.170 e. The van der Waals surface area contributed by atoms with Gasteiger partial charge in [-0.1, -0.05) is 26.7 Å². The molecule has 0 aromatic carbocycles. The standard InChI is InChI=1S/C15H26FN3/c1-4-6-10-19(11-7-5-2)15-14(16)13(12-17-3)8-9-18-15/h8-9,17H,4-7,10-12H2,1-3H3. The van der Waals surface area contributed by atoms with Gasteiger partial charge in [-0.05, 0) is 26.0 Å². The minimum atomic E-state index is -0.177. The summed E-state index contributed by atoms with van der Waals surface area (Å²) in [5.41, 5.74) is 0.686. The summed E-state index contributed by atoms with van der Waals surface area (Å²) >= 11 is 0. The summed E-state index contributed by atoms with van der Waals surface area (Å²) in [6, 6.07) is 1.74. The molecule has 0 aliphatic heterocycles. The van der Waals surface area contributed by atoms with Crippen LogP contribution in [0.5, 0.6) is 0 Å². The van der Waals surface area contributed by atoms with E-state index in [0.29, 0.717) is 17.9 Å². The highest BCUT2D eigenvalue weighted by Gasteiger charge is 2.15. The first-order valence-electron chi connectivity index (χ1n) is 7.27. The highest BCUT2D eigenvalue weighted by Crippen LogP contribution is 2.20. The van der Waals surface area contributed by atoms with Crippen molar-refractivity contribution in [2.45, 2.75) is 46.1 Å². The second-order valence-corrected chi connectivity index (χ2v) is 4.83. The SMILES string of the molecule is CCCCN(CCCC)c1nccc(CNC)c1F. The molecule has 0 saturated carbocycles. The lowest BCUT2D eigenvalue weighted by Crippen LogP contribution is -2.28. The summed E-state index contributed by atoms with van der Waals surface area (Å²) < 4.78 is 14.4. The Morgan fingerprint density at radius 2 is 1.84 bits per heavy atom. The van der Waals surface area contributed by atoms with Crippen molar-refractivity contribution in [2.24, 2.45) is 0 Å². The molecule has 1 heterocycles. The molecule has 1 N–H and O–H groups in total. The van der Waals surface area contributed by atoms with Crippen LogP contribution in [-0.4, -0.2) is 25.1 Å². The molecule has 0 atom stereocenters. The molecular formula is C15H26FN3. The second kappa shape index (κ2) is 8.86. The van der Waals surface area contributed by atoms with Gasteiger partial charge in [-0.2, -0.15) is 0 Å². The maximum atomic E-state index is 14.4. The van der Waals surface area contributed by atoms with E-state index in [-0.39, 0.29) is 5.82 Å². The lowest BCUT2D eigenvalue weighted by Gasteiger charge is -2.24. The van der Waals surface area contributed by atoms with Crippen LogP contribution >= 0.6 is 0 Å². The van der Waals surface area contributed by atoms with E-state index in [1.807, 2.05) is 7.05 Å². The maximum Gasteiger partial charge on any atom is 0.170 e. The molecule has 1 aromatic heterocycles. The Labute approximate surface area is 116 Å². The van der Waals surface area contributed by atoms with Crippen molar-refractivity contribution >= 4 is 5.82 Å². The van der Waals surface area contributed by atoms with Crippen molar-refractivity contribution in [1.82, 2.24) is 10.3 Å². The molecular weight excluding hydrogens is 241 g/mol. The minimum absolute atomic E-state index is 0.177. The molecule has 0 radical (unpaired) electrons. The van der Waals surface area contributed by atoms with E-state index in [1.54, 1.807) is 12.3 Å². The molecule has 0 amide bonds. The highest BCUT2D eigenvalue weighted by atomic mass is 19.1. The largest absolute Gasteiger partial charge is 0.354 e. The number of hydrogen-bond donors (Lipinski definition) is 1. The maximum absolute atomic E-state index is 14.4. The fraction of sp³-hybridized carbons (Fsp3) is 0.667. The number of pyridine rings is 1. The van der Waals surface area contributed by atoms with Gasteiger partial charge in [-0.3, -0.25) is 0 Å². The normalized spacial score (nSPS) is 10.7. The molecule has 3 nitrogen and oxygen atoms in total. The van der Waals surface area contributed by atoms with Crippen LogP contribution in [0.4, 0.5) is 10.2 Å². The lowest BCUT2D eigenvalue weighted by molar-refractivity contribution is 0.576. The Morgan fingerprint density at radius 1 is 1.21 bits per heavy atom. The summed E-state index contributed by atoms with van der Waals surface area (Å²) in [5, 5.41) is 2.99. The van der Waals surface area contributed by atoms with E-state index < -0.39 is 0 Å². The summed E-state index contributed by atoms with van der Waals surface area (Å²) in [5.74, 6) is 0.332. The zero-order chi connectivity index (χ0) is 14.1. The van der Waals surface area contributed by atoms with Gasteiger partial charge in [0.15, 0.2) is 11.6 Å². The lowest BCUT2D eigenvalue weighted by atomic mass is 10.2. The number of nitrogens with one attached hydrogen (secondary N) is 1. The summed E-state index contributed by atoms with van der Waals surface area (Å²) in [6.45, 7) is 6.60. The predicted molar refractivity (Wildman–Crippen MR) is 79.0 cm³/mol. The van der Waals surface area contributed by atoms with E-state index in [4.69, 9.17) is 0 Å². The van der Waals surface area contributed by atoms with Gasteiger partial charge in [0.1, 0.15) is 0 Å². The van der Waals surface area contributed by atoms with Gasteiger partial charge in [0.2, 0.25) is 0 Å². The monoisotopic (exact) mass is 267 g/mol. The van der Waals surface area contributed by atoms with Crippen molar-refractivity contribution < 1.29 is 4.39 Å². The third kappa shape index (κ3) is 4.78. The highest BCUT2D eigenvalue weighted by molar-refractivity contribution is 5.43. The average Bonchev–Trinajstić information content (AvgIpc) is 2.42. The Morgan fingerprint density at radius 3 is 2.37 bits per heavy atom. The van der Waals surface area contributed by atoms with Crippen LogP contribution in [0.15, 0.2) is 12.3 Å². The Kier molecular flexibility index (Phi) is 7.41. The van der Waals surface area contributed by atoms with E-state index >= 15 is 0 Å². The average molecular weight is 267 g/mol. The Balaban J connectivity index is 2.89. The first-order valence-corrected chi connectivity index (χ1v) is 7.27. The molecule has 0 bridgehead atoms. The molecule has 108 valence electrons. The number of rotatable bonds is 9. The number of halogens is 1. The van der Waals surface area contributed by atoms with Crippen LogP contribution in [0.25, 0.3) is 0 Å². The fourth-order valence-electron chi connectivity index (χ4n) is 2.04. The van der Waals surface area contributed by atoms with Crippen molar-refractivity contribution in [3.8, 4) is 0 Å². The first kappa shape index (κ1) is 15.9. The summed E-state index contributed by atoms with van der Waals surface area (Å²) in [7, 11) is 1.82. The molecule has 0 unspecified atom stereocenters. The van der Waals surface area contributed by atoms with Crippen molar-refractivity contribution in [3.63, 3.8) is 0 Å². The van der Waals surface area contributed by atoms with Gasteiger partial charge in [0.25, 0.3) is 0 Å². The van der Waals surface area contributed by atoms with Crippen LogP contribution in [0, 0.1) is 5.82 Å². The fourth-order valence-corrected chi connectivity index (χ4v) is 2.04. The molecule has 19 heavy (non-hydrogen) atoms. The topological polar surface area (TPSA) is 28.2 Å². The second-order valence-electron chi connectivity index (χ2n) is 4.83. The molecule has 0 aliphatic carbocycles. The minimum Gasteiger partial charge on any atom is -0.354 e. The van der Waals surface area contributed by atoms with E-state index in [0.717, 1.165) is 38.8 Å². The first-order chi connectivity index (χ1) is 9.24. The van der Waals surface area contributed by atoms with Gasteiger partial charge in [0.05, 0.1) is 0 Å². The van der Waals surface area contributed by atoms with Crippen LogP contribution in [0.3, 0.4) is 0 Å².